The molecule has 2 saturated carbocycles. The third-order valence-electron chi connectivity index (χ3n) is 5.47. The number of rotatable bonds is 2. The summed E-state index contributed by atoms with van der Waals surface area (Å²) in [5.41, 5.74) is 8.27. The third-order valence-corrected chi connectivity index (χ3v) is 5.47. The fourth-order valence-electron chi connectivity index (χ4n) is 4.59. The van der Waals surface area contributed by atoms with E-state index in [1.165, 1.54) is 31.4 Å². The average molecular weight is 287 g/mol. The highest BCUT2D eigenvalue weighted by atomic mass is 19.1. The highest BCUT2D eigenvalue weighted by molar-refractivity contribution is 5.76. The number of fused-ring (bicyclic) bond motifs is 3. The van der Waals surface area contributed by atoms with E-state index in [1.54, 1.807) is 0 Å². The van der Waals surface area contributed by atoms with E-state index < -0.39 is 0 Å². The van der Waals surface area contributed by atoms with Crippen molar-refractivity contribution in [2.45, 2.75) is 51.1 Å². The minimum absolute atomic E-state index is 0.211. The number of halogens is 1. The summed E-state index contributed by atoms with van der Waals surface area (Å²) in [6.45, 7) is 4.32. The quantitative estimate of drug-likeness (QED) is 0.917. The number of hydrogen-bond acceptors (Lipinski definition) is 2. The summed E-state index contributed by atoms with van der Waals surface area (Å²) in [5, 5.41) is 0. The fraction of sp³-hybridized carbons (Fsp3) is 0.588. The lowest BCUT2D eigenvalue weighted by molar-refractivity contribution is 0.342. The molecule has 0 spiro atoms. The van der Waals surface area contributed by atoms with Crippen molar-refractivity contribution in [1.29, 1.82) is 0 Å². The van der Waals surface area contributed by atoms with Crippen molar-refractivity contribution < 1.29 is 4.39 Å². The zero-order valence-electron chi connectivity index (χ0n) is 12.6. The van der Waals surface area contributed by atoms with Gasteiger partial charge >= 0.3 is 0 Å². The molecule has 4 heteroatoms. The zero-order chi connectivity index (χ0) is 14.7. The molecule has 2 aromatic rings. The summed E-state index contributed by atoms with van der Waals surface area (Å²) in [6, 6.07) is 5.42. The van der Waals surface area contributed by atoms with Gasteiger partial charge in [-0.15, -0.1) is 0 Å². The van der Waals surface area contributed by atoms with Crippen LogP contribution in [-0.4, -0.2) is 15.6 Å². The van der Waals surface area contributed by atoms with Crippen molar-refractivity contribution in [3.8, 4) is 0 Å². The van der Waals surface area contributed by atoms with Gasteiger partial charge in [-0.1, -0.05) is 0 Å². The Hall–Kier alpha value is -1.42. The normalized spacial score (nSPS) is 31.7. The second-order valence-corrected chi connectivity index (χ2v) is 7.00. The van der Waals surface area contributed by atoms with Crippen molar-refractivity contribution in [3.05, 3.63) is 29.8 Å². The second-order valence-electron chi connectivity index (χ2n) is 7.00. The molecule has 1 aromatic heterocycles. The molecule has 2 aliphatic rings. The Morgan fingerprint density at radius 3 is 2.71 bits per heavy atom. The molecule has 2 fully saturated rings. The molecule has 0 saturated heterocycles. The molecule has 21 heavy (non-hydrogen) atoms. The Labute approximate surface area is 124 Å². The van der Waals surface area contributed by atoms with E-state index in [9.17, 15) is 4.39 Å². The molecule has 0 aliphatic heterocycles. The maximum atomic E-state index is 13.5. The molecule has 2 aliphatic carbocycles. The summed E-state index contributed by atoms with van der Waals surface area (Å²) in [7, 11) is 0. The van der Waals surface area contributed by atoms with Gasteiger partial charge in [0.05, 0.1) is 11.0 Å². The number of nitrogens with zero attached hydrogens (tertiary/aromatic N) is 2. The van der Waals surface area contributed by atoms with Crippen molar-refractivity contribution in [1.82, 2.24) is 9.55 Å². The Morgan fingerprint density at radius 1 is 1.29 bits per heavy atom. The first-order valence-corrected chi connectivity index (χ1v) is 7.99. The van der Waals surface area contributed by atoms with Crippen LogP contribution in [0.15, 0.2) is 18.2 Å². The number of hydrogen-bond donors (Lipinski definition) is 1. The molecule has 2 N–H and O–H groups in total. The maximum absolute atomic E-state index is 13.5. The summed E-state index contributed by atoms with van der Waals surface area (Å²) in [6.07, 6.45) is 3.76. The van der Waals surface area contributed by atoms with Crippen LogP contribution in [0.5, 0.6) is 0 Å². The Balaban J connectivity index is 1.90. The van der Waals surface area contributed by atoms with Gasteiger partial charge in [0.15, 0.2) is 0 Å². The fourth-order valence-corrected chi connectivity index (χ4v) is 4.59. The van der Waals surface area contributed by atoms with Crippen LogP contribution in [0.2, 0.25) is 0 Å². The topological polar surface area (TPSA) is 43.8 Å². The minimum Gasteiger partial charge on any atom is -0.327 e. The summed E-state index contributed by atoms with van der Waals surface area (Å²) < 4.78 is 15.8. The third kappa shape index (κ3) is 1.85. The van der Waals surface area contributed by atoms with E-state index >= 15 is 0 Å². The molecule has 1 heterocycles. The number of nitrogens with two attached hydrogens (primary N) is 1. The molecule has 4 atom stereocenters. The van der Waals surface area contributed by atoms with E-state index in [0.29, 0.717) is 23.8 Å². The van der Waals surface area contributed by atoms with Crippen LogP contribution in [0.25, 0.3) is 11.0 Å². The Kier molecular flexibility index (Phi) is 2.86. The Morgan fingerprint density at radius 2 is 2.05 bits per heavy atom. The standard InChI is InChI=1S/C17H22FN3/c1-9(2)21-14-6-5-12(18)8-13(14)20-17(21)15-10-3-4-11(7-10)16(15)19/h5-6,8-11,15-16H,3-4,7,19H2,1-2H3. The first-order valence-electron chi connectivity index (χ1n) is 7.99. The lowest BCUT2D eigenvalue weighted by Crippen LogP contribution is -2.35. The Bertz CT molecular complexity index is 689. The van der Waals surface area contributed by atoms with E-state index in [-0.39, 0.29) is 11.9 Å². The predicted molar refractivity (Wildman–Crippen MR) is 81.6 cm³/mol. The van der Waals surface area contributed by atoms with E-state index in [4.69, 9.17) is 10.7 Å². The number of aromatic nitrogens is 2. The summed E-state index contributed by atoms with van der Waals surface area (Å²) in [4.78, 5) is 4.79. The largest absolute Gasteiger partial charge is 0.327 e. The molecule has 1 aromatic carbocycles. The van der Waals surface area contributed by atoms with Crippen molar-refractivity contribution in [2.24, 2.45) is 17.6 Å². The lowest BCUT2D eigenvalue weighted by Gasteiger charge is -2.29. The minimum atomic E-state index is -0.223. The highest BCUT2D eigenvalue weighted by Crippen LogP contribution is 2.52. The molecule has 0 radical (unpaired) electrons. The zero-order valence-corrected chi connectivity index (χ0v) is 12.6. The van der Waals surface area contributed by atoms with E-state index in [0.717, 1.165) is 16.9 Å². The van der Waals surface area contributed by atoms with Gasteiger partial charge in [0.1, 0.15) is 11.6 Å². The molecular weight excluding hydrogens is 265 g/mol. The van der Waals surface area contributed by atoms with Crippen molar-refractivity contribution in [2.75, 3.05) is 0 Å². The first kappa shape index (κ1) is 13.3. The van der Waals surface area contributed by atoms with Gasteiger partial charge in [-0.2, -0.15) is 0 Å². The van der Waals surface area contributed by atoms with Gasteiger partial charge in [0.2, 0.25) is 0 Å². The van der Waals surface area contributed by atoms with Crippen LogP contribution in [0.3, 0.4) is 0 Å². The van der Waals surface area contributed by atoms with Gasteiger partial charge < -0.3 is 10.3 Å². The van der Waals surface area contributed by atoms with Crippen LogP contribution in [-0.2, 0) is 0 Å². The van der Waals surface area contributed by atoms with Crippen molar-refractivity contribution in [3.63, 3.8) is 0 Å². The molecule has 4 unspecified atom stereocenters. The van der Waals surface area contributed by atoms with E-state index in [1.807, 2.05) is 6.07 Å². The number of imidazole rings is 1. The SMILES string of the molecule is CC(C)n1c(C2C3CCC(C3)C2N)nc2cc(F)ccc21. The van der Waals surface area contributed by atoms with Gasteiger partial charge in [-0.3, -0.25) is 0 Å². The molecule has 2 bridgehead atoms. The van der Waals surface area contributed by atoms with Crippen LogP contribution in [0.1, 0.15) is 50.9 Å². The average Bonchev–Trinajstić information content (AvgIpc) is 3.09. The lowest BCUT2D eigenvalue weighted by atomic mass is 9.84. The molecule has 112 valence electrons. The highest BCUT2D eigenvalue weighted by Gasteiger charge is 2.48. The van der Waals surface area contributed by atoms with Crippen LogP contribution >= 0.6 is 0 Å². The van der Waals surface area contributed by atoms with Crippen LogP contribution in [0.4, 0.5) is 4.39 Å². The smallest absolute Gasteiger partial charge is 0.125 e. The van der Waals surface area contributed by atoms with E-state index in [2.05, 4.69) is 18.4 Å². The first-order chi connectivity index (χ1) is 10.1. The van der Waals surface area contributed by atoms with Crippen LogP contribution in [0, 0.1) is 17.7 Å². The number of benzene rings is 1. The van der Waals surface area contributed by atoms with Gasteiger partial charge in [-0.25, -0.2) is 9.37 Å². The van der Waals surface area contributed by atoms with Gasteiger partial charge in [-0.05, 0) is 57.1 Å². The maximum Gasteiger partial charge on any atom is 0.125 e. The molecular formula is C17H22FN3. The molecule has 4 rings (SSSR count). The van der Waals surface area contributed by atoms with Gasteiger partial charge in [0.25, 0.3) is 0 Å². The monoisotopic (exact) mass is 287 g/mol. The predicted octanol–water partition coefficient (Wildman–Crippen LogP) is 3.60. The molecule has 3 nitrogen and oxygen atoms in total. The molecule has 0 amide bonds. The summed E-state index contributed by atoms with van der Waals surface area (Å²) in [5.74, 6) is 2.49. The second kappa shape index (κ2) is 4.54. The van der Waals surface area contributed by atoms with Gasteiger partial charge in [0, 0.05) is 24.1 Å². The van der Waals surface area contributed by atoms with Crippen LogP contribution < -0.4 is 5.73 Å². The summed E-state index contributed by atoms with van der Waals surface area (Å²) >= 11 is 0. The van der Waals surface area contributed by atoms with Crippen molar-refractivity contribution >= 4 is 11.0 Å².